The molecule has 0 bridgehead atoms. The summed E-state index contributed by atoms with van der Waals surface area (Å²) in [6.45, 7) is 0. The zero-order chi connectivity index (χ0) is 6.81. The number of pyridine rings is 1. The van der Waals surface area contributed by atoms with Crippen LogP contribution in [0.3, 0.4) is 0 Å². The predicted octanol–water partition coefficient (Wildman–Crippen LogP) is -0.761. The summed E-state index contributed by atoms with van der Waals surface area (Å²) in [5, 5.41) is 1.20. The maximum atomic E-state index is 4.18. The zero-order valence-corrected chi connectivity index (χ0v) is 6.49. The second kappa shape index (κ2) is 3.57. The summed E-state index contributed by atoms with van der Waals surface area (Å²) in [7, 11) is 0. The number of para-hydroxylation sites is 1. The molecule has 0 aliphatic heterocycles. The molecule has 0 radical (unpaired) electrons. The number of nitrogens with zero attached hydrogens (tertiary/aromatic N) is 1. The Kier molecular flexibility index (Phi) is 2.70. The Balaban J connectivity index is 0.000000605. The number of rotatable bonds is 0. The van der Waals surface area contributed by atoms with Gasteiger partial charge >= 0.3 is 18.9 Å². The smallest absolute Gasteiger partial charge is 0.256 e. The van der Waals surface area contributed by atoms with Gasteiger partial charge in [0.05, 0.1) is 5.52 Å². The van der Waals surface area contributed by atoms with E-state index < -0.39 is 0 Å². The number of fused-ring (bicyclic) bond motifs is 1. The van der Waals surface area contributed by atoms with E-state index in [2.05, 4.69) is 17.1 Å². The first kappa shape index (κ1) is 8.33. The SMILES string of the molecule is [Li+].c1ccc2ncccc2c1. The molecule has 1 aromatic heterocycles. The van der Waals surface area contributed by atoms with Gasteiger partial charge in [-0.2, -0.15) is 0 Å². The maximum absolute atomic E-state index is 4.18. The minimum atomic E-state index is 0. The van der Waals surface area contributed by atoms with Crippen molar-refractivity contribution in [3.05, 3.63) is 42.6 Å². The third-order valence-electron chi connectivity index (χ3n) is 1.51. The van der Waals surface area contributed by atoms with E-state index in [1.54, 1.807) is 0 Å². The van der Waals surface area contributed by atoms with Crippen LogP contribution in [0.1, 0.15) is 0 Å². The van der Waals surface area contributed by atoms with Gasteiger partial charge in [0.1, 0.15) is 0 Å². The molecular weight excluding hydrogens is 129 g/mol. The van der Waals surface area contributed by atoms with Crippen LogP contribution in [0.4, 0.5) is 0 Å². The molecule has 0 aliphatic carbocycles. The molecule has 2 aromatic rings. The molecule has 0 spiro atoms. The second-order valence-electron chi connectivity index (χ2n) is 2.20. The number of aromatic nitrogens is 1. The molecule has 11 heavy (non-hydrogen) atoms. The summed E-state index contributed by atoms with van der Waals surface area (Å²) in [6, 6.07) is 12.1. The van der Waals surface area contributed by atoms with E-state index in [9.17, 15) is 0 Å². The molecule has 1 aromatic carbocycles. The van der Waals surface area contributed by atoms with Gasteiger partial charge in [-0.05, 0) is 12.1 Å². The van der Waals surface area contributed by atoms with Gasteiger partial charge in [0, 0.05) is 11.6 Å². The number of benzene rings is 1. The van der Waals surface area contributed by atoms with Crippen molar-refractivity contribution in [3.63, 3.8) is 0 Å². The molecule has 0 fully saturated rings. The first-order valence-electron chi connectivity index (χ1n) is 3.26. The van der Waals surface area contributed by atoms with Crippen molar-refractivity contribution in [2.45, 2.75) is 0 Å². The van der Waals surface area contributed by atoms with Gasteiger partial charge in [-0.25, -0.2) is 0 Å². The number of hydrogen-bond donors (Lipinski definition) is 0. The Morgan fingerprint density at radius 1 is 0.909 bits per heavy atom. The first-order chi connectivity index (χ1) is 4.97. The molecule has 48 valence electrons. The molecule has 0 unspecified atom stereocenters. The van der Waals surface area contributed by atoms with E-state index in [0.717, 1.165) is 5.52 Å². The quantitative estimate of drug-likeness (QED) is 0.434. The van der Waals surface area contributed by atoms with Gasteiger partial charge < -0.3 is 0 Å². The van der Waals surface area contributed by atoms with Crippen molar-refractivity contribution in [3.8, 4) is 0 Å². The summed E-state index contributed by atoms with van der Waals surface area (Å²) >= 11 is 0. The fraction of sp³-hybridized carbons (Fsp3) is 0. The predicted molar refractivity (Wildman–Crippen MR) is 41.7 cm³/mol. The van der Waals surface area contributed by atoms with E-state index in [1.165, 1.54) is 5.39 Å². The molecule has 0 N–H and O–H groups in total. The van der Waals surface area contributed by atoms with Gasteiger partial charge in [-0.1, -0.05) is 24.3 Å². The Hall–Kier alpha value is -0.773. The largest absolute Gasteiger partial charge is 1.00 e. The summed E-state index contributed by atoms with van der Waals surface area (Å²) in [6.07, 6.45) is 1.81. The van der Waals surface area contributed by atoms with Crippen LogP contribution in [0.2, 0.25) is 0 Å². The van der Waals surface area contributed by atoms with Crippen LogP contribution in [0.25, 0.3) is 10.9 Å². The Labute approximate surface area is 77.6 Å². The molecule has 0 aliphatic rings. The van der Waals surface area contributed by atoms with Gasteiger partial charge in [-0.3, -0.25) is 4.98 Å². The van der Waals surface area contributed by atoms with E-state index in [4.69, 9.17) is 0 Å². The average molecular weight is 136 g/mol. The van der Waals surface area contributed by atoms with E-state index in [0.29, 0.717) is 0 Å². The monoisotopic (exact) mass is 136 g/mol. The van der Waals surface area contributed by atoms with E-state index in [-0.39, 0.29) is 18.9 Å². The normalized spacial score (nSPS) is 9.09. The standard InChI is InChI=1S/C9H7N.Li/c1-2-6-9-8(4-1)5-3-7-10-9;/h1-7H;/q;+1. The van der Waals surface area contributed by atoms with Crippen LogP contribution >= 0.6 is 0 Å². The Morgan fingerprint density at radius 3 is 2.45 bits per heavy atom. The fourth-order valence-corrected chi connectivity index (χ4v) is 1.02. The Morgan fingerprint density at radius 2 is 1.64 bits per heavy atom. The van der Waals surface area contributed by atoms with Crippen molar-refractivity contribution < 1.29 is 18.9 Å². The molecule has 0 atom stereocenters. The van der Waals surface area contributed by atoms with E-state index in [1.807, 2.05) is 30.5 Å². The maximum Gasteiger partial charge on any atom is 1.00 e. The third-order valence-corrected chi connectivity index (χ3v) is 1.51. The molecule has 2 heteroatoms. The summed E-state index contributed by atoms with van der Waals surface area (Å²) in [5.41, 5.74) is 1.06. The van der Waals surface area contributed by atoms with Gasteiger partial charge in [0.15, 0.2) is 0 Å². The van der Waals surface area contributed by atoms with Crippen LogP contribution in [0.15, 0.2) is 42.6 Å². The minimum absolute atomic E-state index is 0. The number of hydrogen-bond acceptors (Lipinski definition) is 1. The molecule has 0 saturated heterocycles. The van der Waals surface area contributed by atoms with Crippen molar-refractivity contribution in [2.75, 3.05) is 0 Å². The molecule has 0 saturated carbocycles. The third kappa shape index (κ3) is 1.62. The van der Waals surface area contributed by atoms with Crippen molar-refractivity contribution in [1.29, 1.82) is 0 Å². The topological polar surface area (TPSA) is 12.9 Å². The van der Waals surface area contributed by atoms with Crippen LogP contribution in [0, 0.1) is 0 Å². The van der Waals surface area contributed by atoms with Crippen LogP contribution in [-0.2, 0) is 0 Å². The van der Waals surface area contributed by atoms with Crippen LogP contribution < -0.4 is 18.9 Å². The van der Waals surface area contributed by atoms with E-state index >= 15 is 0 Å². The molecule has 1 nitrogen and oxygen atoms in total. The summed E-state index contributed by atoms with van der Waals surface area (Å²) in [5.74, 6) is 0. The summed E-state index contributed by atoms with van der Waals surface area (Å²) in [4.78, 5) is 4.18. The molecule has 0 amide bonds. The van der Waals surface area contributed by atoms with Crippen LogP contribution in [-0.4, -0.2) is 4.98 Å². The van der Waals surface area contributed by atoms with Gasteiger partial charge in [-0.15, -0.1) is 0 Å². The molecule has 1 heterocycles. The molecular formula is C9H7LiN+. The summed E-state index contributed by atoms with van der Waals surface area (Å²) < 4.78 is 0. The molecule has 2 rings (SSSR count). The van der Waals surface area contributed by atoms with Crippen molar-refractivity contribution >= 4 is 10.9 Å². The Bertz CT molecular complexity index is 281. The fourth-order valence-electron chi connectivity index (χ4n) is 1.02. The minimum Gasteiger partial charge on any atom is -0.256 e. The average Bonchev–Trinajstić information content (AvgIpc) is 2.05. The van der Waals surface area contributed by atoms with Crippen molar-refractivity contribution in [2.24, 2.45) is 0 Å². The van der Waals surface area contributed by atoms with Gasteiger partial charge in [0.2, 0.25) is 0 Å². The second-order valence-corrected chi connectivity index (χ2v) is 2.20. The van der Waals surface area contributed by atoms with Crippen LogP contribution in [0.5, 0.6) is 0 Å². The van der Waals surface area contributed by atoms with Gasteiger partial charge in [0.25, 0.3) is 0 Å². The zero-order valence-electron chi connectivity index (χ0n) is 6.49. The first-order valence-corrected chi connectivity index (χ1v) is 3.26. The van der Waals surface area contributed by atoms with Crippen molar-refractivity contribution in [1.82, 2.24) is 4.98 Å².